The second-order valence-corrected chi connectivity index (χ2v) is 5.95. The zero-order valence-electron chi connectivity index (χ0n) is 15.3. The smallest absolute Gasteiger partial charge is 0.102 e. The minimum atomic E-state index is -1.10. The fourth-order valence-electron chi connectivity index (χ4n) is 1.68. The molecule has 1 heterocycles. The molecule has 0 aromatic heterocycles. The van der Waals surface area contributed by atoms with Gasteiger partial charge >= 0.3 is 0 Å². The van der Waals surface area contributed by atoms with Crippen molar-refractivity contribution in [1.29, 1.82) is 0 Å². The number of nitrogens with zero attached hydrogens (tertiary/aromatic N) is 1. The van der Waals surface area contributed by atoms with Gasteiger partial charge in [-0.2, -0.15) is 0 Å². The Morgan fingerprint density at radius 2 is 1.38 bits per heavy atom. The molecule has 0 aromatic rings. The van der Waals surface area contributed by atoms with E-state index in [0.717, 1.165) is 17.7 Å². The number of carbonyl (C=O) groups excluding carboxylic acids is 1. The summed E-state index contributed by atoms with van der Waals surface area (Å²) in [4.78, 5) is 10.0. The Hall–Kier alpha value is -0.770. The molecule has 0 aliphatic carbocycles. The normalized spacial score (nSPS) is 16.3. The first-order chi connectivity index (χ1) is 11.5. The summed E-state index contributed by atoms with van der Waals surface area (Å²) in [6.07, 6.45) is -0.0832. The zero-order valence-corrected chi connectivity index (χ0v) is 15.3. The Balaban J connectivity index is 0.000000546. The number of carboxylic acids is 1. The van der Waals surface area contributed by atoms with Crippen molar-refractivity contribution in [2.45, 2.75) is 6.42 Å². The lowest BCUT2D eigenvalue weighted by Gasteiger charge is -2.33. The van der Waals surface area contributed by atoms with Gasteiger partial charge in [0.2, 0.25) is 0 Å². The maximum atomic E-state index is 10.0. The van der Waals surface area contributed by atoms with Crippen LogP contribution in [0.25, 0.3) is 0 Å². The van der Waals surface area contributed by atoms with Crippen LogP contribution in [0.5, 0.6) is 0 Å². The molecule has 0 atom stereocenters. The monoisotopic (exact) mass is 351 g/mol. The molecule has 1 rings (SSSR count). The molecule has 0 bridgehead atoms. The van der Waals surface area contributed by atoms with Crippen molar-refractivity contribution in [1.82, 2.24) is 0 Å². The third kappa shape index (κ3) is 17.6. The number of ether oxygens (including phenoxy) is 5. The predicted molar refractivity (Wildman–Crippen MR) is 86.6 cm³/mol. The van der Waals surface area contributed by atoms with E-state index in [1.54, 1.807) is 7.11 Å². The summed E-state index contributed by atoms with van der Waals surface area (Å²) in [5.74, 6) is -1.10. The highest BCUT2D eigenvalue weighted by Gasteiger charge is 2.18. The molecule has 24 heavy (non-hydrogen) atoms. The van der Waals surface area contributed by atoms with Crippen molar-refractivity contribution in [3.63, 3.8) is 0 Å². The second-order valence-electron chi connectivity index (χ2n) is 5.95. The molecule has 144 valence electrons. The molecule has 1 saturated heterocycles. The molecule has 0 aromatic carbocycles. The van der Waals surface area contributed by atoms with Crippen molar-refractivity contribution in [2.24, 2.45) is 0 Å². The average Bonchev–Trinajstić information content (AvgIpc) is 2.53. The molecular formula is C16H33NO7. The average molecular weight is 351 g/mol. The van der Waals surface area contributed by atoms with E-state index in [1.165, 1.54) is 13.1 Å². The van der Waals surface area contributed by atoms with Crippen LogP contribution in [0.4, 0.5) is 0 Å². The maximum absolute atomic E-state index is 10.0. The van der Waals surface area contributed by atoms with E-state index in [0.29, 0.717) is 39.6 Å². The highest BCUT2D eigenvalue weighted by Crippen LogP contribution is 2.01. The van der Waals surface area contributed by atoms with Crippen LogP contribution in [0.15, 0.2) is 0 Å². The number of aliphatic carboxylic acids is 1. The fraction of sp³-hybridized carbons (Fsp3) is 0.938. The summed E-state index contributed by atoms with van der Waals surface area (Å²) in [7, 11) is 6.09. The van der Waals surface area contributed by atoms with Gasteiger partial charge in [0.25, 0.3) is 0 Å². The van der Waals surface area contributed by atoms with E-state index in [1.807, 2.05) is 0 Å². The quantitative estimate of drug-likeness (QED) is 0.326. The van der Waals surface area contributed by atoms with E-state index < -0.39 is 5.97 Å². The van der Waals surface area contributed by atoms with Gasteiger partial charge in [-0.05, 0) is 0 Å². The summed E-state index contributed by atoms with van der Waals surface area (Å²) in [6, 6.07) is 0. The number of carbonyl (C=O) groups is 1. The van der Waals surface area contributed by atoms with Crippen LogP contribution >= 0.6 is 0 Å². The van der Waals surface area contributed by atoms with Gasteiger partial charge in [0, 0.05) is 19.5 Å². The van der Waals surface area contributed by atoms with Gasteiger partial charge in [-0.1, -0.05) is 0 Å². The van der Waals surface area contributed by atoms with Crippen molar-refractivity contribution < 1.29 is 38.1 Å². The minimum absolute atomic E-state index is 0.0832. The Bertz CT molecular complexity index is 292. The Kier molecular flexibility index (Phi) is 15.2. The molecule has 8 heteroatoms. The molecule has 0 amide bonds. The second kappa shape index (κ2) is 15.7. The number of hydrogen-bond donors (Lipinski definition) is 0. The summed E-state index contributed by atoms with van der Waals surface area (Å²) < 4.78 is 26.4. The fourth-order valence-corrected chi connectivity index (χ4v) is 1.68. The van der Waals surface area contributed by atoms with Gasteiger partial charge in [-0.25, -0.2) is 0 Å². The largest absolute Gasteiger partial charge is 0.550 e. The lowest BCUT2D eigenvalue weighted by Crippen LogP contribution is -2.48. The van der Waals surface area contributed by atoms with E-state index in [2.05, 4.69) is 14.1 Å². The van der Waals surface area contributed by atoms with E-state index in [-0.39, 0.29) is 13.0 Å². The number of rotatable bonds is 12. The molecule has 0 saturated carbocycles. The zero-order chi connectivity index (χ0) is 18.1. The highest BCUT2D eigenvalue weighted by atomic mass is 16.6. The Morgan fingerprint density at radius 1 is 0.917 bits per heavy atom. The van der Waals surface area contributed by atoms with E-state index in [9.17, 15) is 9.90 Å². The lowest BCUT2D eigenvalue weighted by molar-refractivity contribution is -0.898. The van der Waals surface area contributed by atoms with Gasteiger partial charge in [-0.3, -0.25) is 0 Å². The van der Waals surface area contributed by atoms with Crippen LogP contribution in [-0.4, -0.2) is 104 Å². The number of likely N-dealkylation sites (N-methyl/N-ethyl adjacent to an activating group) is 1. The summed E-state index contributed by atoms with van der Waals surface area (Å²) in [5.41, 5.74) is 0. The summed E-state index contributed by atoms with van der Waals surface area (Å²) in [5, 5.41) is 10.0. The van der Waals surface area contributed by atoms with Crippen LogP contribution in [0.1, 0.15) is 6.42 Å². The van der Waals surface area contributed by atoms with Gasteiger partial charge < -0.3 is 38.1 Å². The van der Waals surface area contributed by atoms with Crippen LogP contribution in [0, 0.1) is 0 Å². The molecular weight excluding hydrogens is 318 g/mol. The first-order valence-electron chi connectivity index (χ1n) is 8.30. The van der Waals surface area contributed by atoms with E-state index in [4.69, 9.17) is 23.7 Å². The van der Waals surface area contributed by atoms with Crippen LogP contribution in [0.2, 0.25) is 0 Å². The van der Waals surface area contributed by atoms with Crippen LogP contribution < -0.4 is 5.11 Å². The minimum Gasteiger partial charge on any atom is -0.550 e. The number of morpholine rings is 1. The van der Waals surface area contributed by atoms with Crippen molar-refractivity contribution >= 4 is 5.97 Å². The molecule has 0 spiro atoms. The standard InChI is InChI=1S/C10H20O6.C6H14NO/c1-13-4-5-15-8-9-16-7-6-14-3-2-10(11)12;1-7(2)3-5-8-6-4-7/h2-9H2,1H3,(H,11,12);3-6H2,1-2H3/q;+1/p-1. The molecule has 0 N–H and O–H groups in total. The van der Waals surface area contributed by atoms with Crippen LogP contribution in [-0.2, 0) is 28.5 Å². The first kappa shape index (κ1) is 23.2. The summed E-state index contributed by atoms with van der Waals surface area (Å²) >= 11 is 0. The third-order valence-electron chi connectivity index (χ3n) is 3.31. The van der Waals surface area contributed by atoms with Crippen molar-refractivity contribution in [2.75, 3.05) is 93.8 Å². The molecule has 0 radical (unpaired) electrons. The topological polar surface area (TPSA) is 86.3 Å². The van der Waals surface area contributed by atoms with Crippen LogP contribution in [0.3, 0.4) is 0 Å². The predicted octanol–water partition coefficient (Wildman–Crippen LogP) is -1.08. The van der Waals surface area contributed by atoms with Gasteiger partial charge in [-0.15, -0.1) is 0 Å². The summed E-state index contributed by atoms with van der Waals surface area (Å²) in [6.45, 7) is 7.33. The molecule has 0 unspecified atom stereocenters. The third-order valence-corrected chi connectivity index (χ3v) is 3.31. The Labute approximate surface area is 145 Å². The van der Waals surface area contributed by atoms with Crippen molar-refractivity contribution in [3.05, 3.63) is 0 Å². The Morgan fingerprint density at radius 3 is 1.75 bits per heavy atom. The molecule has 1 aliphatic heterocycles. The van der Waals surface area contributed by atoms with Gasteiger partial charge in [0.15, 0.2) is 0 Å². The maximum Gasteiger partial charge on any atom is 0.102 e. The lowest BCUT2D eigenvalue weighted by atomic mass is 10.4. The SMILES string of the molecule is COCCOCCOCCOCCC(=O)[O-].C[N+]1(C)CCOCC1. The molecule has 1 aliphatic rings. The van der Waals surface area contributed by atoms with Gasteiger partial charge in [0.1, 0.15) is 13.1 Å². The van der Waals surface area contributed by atoms with Crippen molar-refractivity contribution in [3.8, 4) is 0 Å². The van der Waals surface area contributed by atoms with Gasteiger partial charge in [0.05, 0.1) is 73.6 Å². The highest BCUT2D eigenvalue weighted by molar-refractivity contribution is 5.64. The molecule has 8 nitrogen and oxygen atoms in total. The molecule has 1 fully saturated rings. The number of quaternary nitrogens is 1. The number of hydrogen-bond acceptors (Lipinski definition) is 7. The number of carboxylic acid groups (broad SMARTS) is 1. The number of methoxy groups -OCH3 is 1. The first-order valence-corrected chi connectivity index (χ1v) is 8.30. The van der Waals surface area contributed by atoms with E-state index >= 15 is 0 Å².